The molecule has 0 aliphatic carbocycles. The van der Waals surface area contributed by atoms with Crippen molar-refractivity contribution in [2.24, 2.45) is 16.5 Å². The molecule has 0 aromatic heterocycles. The lowest BCUT2D eigenvalue weighted by molar-refractivity contribution is -0.193. The number of amides is 2. The number of carboxylic acids is 3. The third-order valence-electron chi connectivity index (χ3n) is 5.26. The number of anilines is 3. The molecule has 0 heterocycles. The standard InChI is InChI=1S/C23H25N7O5S.2C2HF3O2/c24-15-7-9-16(10-8-15)28-23(33)29-20(13-21(31)32)14-3-1-5-18(11-14)30-36(34,35)19-6-2-4-17(12-19)27-22(25)26;2*3-2(4,5)1(6)7/h1-12,20,30H,13,24H2,(H,31,32)(H4,25,26,27)(H2,28,29,33);2*(H,6,7). The van der Waals surface area contributed by atoms with Crippen molar-refractivity contribution in [1.29, 1.82) is 0 Å². The zero-order chi connectivity index (χ0) is 38.4. The molecule has 12 N–H and O–H groups in total. The van der Waals surface area contributed by atoms with Gasteiger partial charge in [0.1, 0.15) is 0 Å². The van der Waals surface area contributed by atoms with Crippen LogP contribution in [0.25, 0.3) is 0 Å². The summed E-state index contributed by atoms with van der Waals surface area (Å²) < 4.78 is 91.7. The van der Waals surface area contributed by atoms with E-state index in [1.54, 1.807) is 30.3 Å². The van der Waals surface area contributed by atoms with E-state index >= 15 is 0 Å². The molecule has 0 bridgehead atoms. The van der Waals surface area contributed by atoms with Gasteiger partial charge >= 0.3 is 36.3 Å². The molecule has 272 valence electrons. The van der Waals surface area contributed by atoms with Crippen molar-refractivity contribution >= 4 is 62.7 Å². The van der Waals surface area contributed by atoms with Crippen molar-refractivity contribution in [3.63, 3.8) is 0 Å². The van der Waals surface area contributed by atoms with Gasteiger partial charge in [-0.2, -0.15) is 26.3 Å². The summed E-state index contributed by atoms with van der Waals surface area (Å²) in [6, 6.07) is 16.5. The van der Waals surface area contributed by atoms with Crippen molar-refractivity contribution in [3.8, 4) is 0 Å². The number of sulfonamides is 1. The lowest BCUT2D eigenvalue weighted by atomic mass is 10.0. The number of aliphatic carboxylic acids is 3. The summed E-state index contributed by atoms with van der Waals surface area (Å²) >= 11 is 0. The normalized spacial score (nSPS) is 11.6. The number of hydrogen-bond donors (Lipinski definition) is 9. The van der Waals surface area contributed by atoms with E-state index in [0.29, 0.717) is 16.9 Å². The van der Waals surface area contributed by atoms with Gasteiger partial charge in [0, 0.05) is 17.1 Å². The van der Waals surface area contributed by atoms with Crippen molar-refractivity contribution in [3.05, 3.63) is 78.4 Å². The number of carbonyl (C=O) groups is 4. The largest absolute Gasteiger partial charge is 0.490 e. The number of carbonyl (C=O) groups excluding carboxylic acids is 1. The second kappa shape index (κ2) is 17.8. The Bertz CT molecular complexity index is 1780. The number of halogens is 6. The van der Waals surface area contributed by atoms with Crippen LogP contribution in [0.4, 0.5) is 53.9 Å². The fraction of sp³-hybridized carbons (Fsp3) is 0.148. The van der Waals surface area contributed by atoms with Gasteiger partial charge in [-0.05, 0) is 60.2 Å². The van der Waals surface area contributed by atoms with Gasteiger partial charge in [0.25, 0.3) is 10.0 Å². The van der Waals surface area contributed by atoms with Gasteiger partial charge < -0.3 is 43.2 Å². The average molecular weight is 740 g/mol. The lowest BCUT2D eigenvalue weighted by Gasteiger charge is -2.19. The summed E-state index contributed by atoms with van der Waals surface area (Å²) in [4.78, 5) is 45.5. The number of nitrogens with zero attached hydrogens (tertiary/aromatic N) is 1. The third-order valence-corrected chi connectivity index (χ3v) is 6.64. The second-order valence-electron chi connectivity index (χ2n) is 9.24. The number of carboxylic acid groups (broad SMARTS) is 3. The molecule has 0 saturated carbocycles. The predicted octanol–water partition coefficient (Wildman–Crippen LogP) is 3.58. The Morgan fingerprint density at radius 3 is 1.78 bits per heavy atom. The Hall–Kier alpha value is -6.26. The predicted molar refractivity (Wildman–Crippen MR) is 165 cm³/mol. The smallest absolute Gasteiger partial charge is 0.481 e. The van der Waals surface area contributed by atoms with Gasteiger partial charge in [-0.3, -0.25) is 9.52 Å². The minimum absolute atomic E-state index is 0.0847. The number of rotatable bonds is 9. The van der Waals surface area contributed by atoms with E-state index in [1.165, 1.54) is 42.5 Å². The molecule has 3 rings (SSSR count). The van der Waals surface area contributed by atoms with Crippen molar-refractivity contribution < 1.29 is 69.3 Å². The number of nitrogen functional groups attached to an aromatic ring is 1. The van der Waals surface area contributed by atoms with E-state index < -0.39 is 58.8 Å². The summed E-state index contributed by atoms with van der Waals surface area (Å²) in [7, 11) is -4.03. The highest BCUT2D eigenvalue weighted by Gasteiger charge is 2.38. The first-order chi connectivity index (χ1) is 22.9. The number of nitrogens with one attached hydrogen (secondary N) is 3. The summed E-state index contributed by atoms with van der Waals surface area (Å²) in [5, 5.41) is 28.8. The van der Waals surface area contributed by atoms with Gasteiger partial charge in [0.2, 0.25) is 0 Å². The number of hydrogen-bond acceptors (Lipinski definition) is 8. The molecule has 3 aromatic rings. The van der Waals surface area contributed by atoms with Gasteiger partial charge in [0.15, 0.2) is 5.96 Å². The first kappa shape index (κ1) is 41.8. The van der Waals surface area contributed by atoms with E-state index in [9.17, 15) is 49.5 Å². The zero-order valence-corrected chi connectivity index (χ0v) is 25.7. The van der Waals surface area contributed by atoms with Crippen LogP contribution in [0.5, 0.6) is 0 Å². The molecule has 0 saturated heterocycles. The maximum absolute atomic E-state index is 12.9. The molecular formula is C27H27F6N7O9S. The Labute approximate surface area is 277 Å². The fourth-order valence-corrected chi connectivity index (χ4v) is 4.31. The molecule has 1 unspecified atom stereocenters. The molecular weight excluding hydrogens is 712 g/mol. The van der Waals surface area contributed by atoms with Crippen LogP contribution in [0.15, 0.2) is 82.7 Å². The van der Waals surface area contributed by atoms with Gasteiger partial charge in [-0.25, -0.2) is 27.8 Å². The average Bonchev–Trinajstić information content (AvgIpc) is 2.97. The number of urea groups is 1. The van der Waals surface area contributed by atoms with E-state index in [4.69, 9.17) is 37.0 Å². The fourth-order valence-electron chi connectivity index (χ4n) is 3.22. The molecule has 3 aromatic carbocycles. The number of nitrogens with two attached hydrogens (primary N) is 3. The minimum Gasteiger partial charge on any atom is -0.481 e. The summed E-state index contributed by atoms with van der Waals surface area (Å²) in [5.41, 5.74) is 18.1. The summed E-state index contributed by atoms with van der Waals surface area (Å²) in [5.74, 6) is -6.89. The molecule has 23 heteroatoms. The van der Waals surface area contributed by atoms with E-state index in [-0.39, 0.29) is 22.2 Å². The highest BCUT2D eigenvalue weighted by molar-refractivity contribution is 7.92. The molecule has 2 amide bonds. The Kier molecular flexibility index (Phi) is 14.8. The van der Waals surface area contributed by atoms with Crippen LogP contribution >= 0.6 is 0 Å². The highest BCUT2D eigenvalue weighted by Crippen LogP contribution is 2.25. The zero-order valence-electron chi connectivity index (χ0n) is 24.9. The lowest BCUT2D eigenvalue weighted by Crippen LogP contribution is -2.33. The topological polar surface area (TPSA) is 290 Å². The monoisotopic (exact) mass is 739 g/mol. The quantitative estimate of drug-likeness (QED) is 0.0659. The van der Waals surface area contributed by atoms with Crippen LogP contribution in [0, 0.1) is 0 Å². The molecule has 0 aliphatic heterocycles. The molecule has 0 radical (unpaired) electrons. The SMILES string of the molecule is NC(N)=Nc1cccc(S(=O)(=O)Nc2cccc(C(CC(=O)O)NC(=O)Nc3ccc(N)cc3)c2)c1.O=C(O)C(F)(F)F.O=C(O)C(F)(F)F. The second-order valence-corrected chi connectivity index (χ2v) is 10.9. The van der Waals surface area contributed by atoms with Gasteiger partial charge in [-0.15, -0.1) is 0 Å². The van der Waals surface area contributed by atoms with E-state index in [2.05, 4.69) is 20.3 Å². The number of alkyl halides is 6. The molecule has 0 aliphatic rings. The number of guanidine groups is 1. The van der Waals surface area contributed by atoms with Crippen LogP contribution in [-0.2, 0) is 24.4 Å². The highest BCUT2D eigenvalue weighted by atomic mass is 32.2. The van der Waals surface area contributed by atoms with Crippen molar-refractivity contribution in [2.75, 3.05) is 15.8 Å². The van der Waals surface area contributed by atoms with Gasteiger partial charge in [-0.1, -0.05) is 18.2 Å². The first-order valence-corrected chi connectivity index (χ1v) is 14.5. The Balaban J connectivity index is 0.000000748. The molecule has 0 spiro atoms. The summed E-state index contributed by atoms with van der Waals surface area (Å²) in [6.45, 7) is 0. The molecule has 16 nitrogen and oxygen atoms in total. The number of benzene rings is 3. The van der Waals surface area contributed by atoms with Crippen molar-refractivity contribution in [2.45, 2.75) is 29.7 Å². The van der Waals surface area contributed by atoms with Crippen LogP contribution < -0.4 is 32.6 Å². The molecule has 1 atom stereocenters. The van der Waals surface area contributed by atoms with Crippen LogP contribution in [-0.4, -0.2) is 66.0 Å². The van der Waals surface area contributed by atoms with E-state index in [0.717, 1.165) is 0 Å². The maximum atomic E-state index is 12.9. The van der Waals surface area contributed by atoms with Crippen LogP contribution in [0.2, 0.25) is 0 Å². The van der Waals surface area contributed by atoms with Crippen molar-refractivity contribution in [1.82, 2.24) is 5.32 Å². The summed E-state index contributed by atoms with van der Waals surface area (Å²) in [6.07, 6.45) is -10.6. The Morgan fingerprint density at radius 2 is 1.30 bits per heavy atom. The van der Waals surface area contributed by atoms with Crippen LogP contribution in [0.1, 0.15) is 18.0 Å². The first-order valence-electron chi connectivity index (χ1n) is 13.0. The van der Waals surface area contributed by atoms with Crippen LogP contribution in [0.3, 0.4) is 0 Å². The minimum atomic E-state index is -5.08. The van der Waals surface area contributed by atoms with E-state index in [1.807, 2.05) is 0 Å². The van der Waals surface area contributed by atoms with Gasteiger partial charge in [0.05, 0.1) is 23.0 Å². The molecule has 0 fully saturated rings. The third kappa shape index (κ3) is 15.6. The molecule has 50 heavy (non-hydrogen) atoms. The Morgan fingerprint density at radius 1 is 0.780 bits per heavy atom. The maximum Gasteiger partial charge on any atom is 0.490 e. The number of aliphatic imine (C=N–C) groups is 1.